The standard InChI is InChI=1S/C27H25F2N5O3S/c1-4-38(36,37)33-23-12-21-20(11-22(23)29)24(17-5-7-19(28)8-6-17)31-14-18-9-10-34(32-25(18)21)26-15(2)13-30-16(3)27(26)35/h5-16,26,32H,4H2,1-3H3/b33-23-. The first-order chi connectivity index (χ1) is 18.1. The highest BCUT2D eigenvalue weighted by Crippen LogP contribution is 2.40. The molecule has 0 bridgehead atoms. The van der Waals surface area contributed by atoms with Gasteiger partial charge in [-0.05, 0) is 56.3 Å². The molecule has 38 heavy (non-hydrogen) atoms. The molecule has 1 aromatic carbocycles. The number of carbonyl (C=O) groups excluding carboxylic acids is 1. The molecule has 0 radical (unpaired) electrons. The van der Waals surface area contributed by atoms with E-state index in [4.69, 9.17) is 0 Å². The van der Waals surface area contributed by atoms with E-state index in [0.29, 0.717) is 33.6 Å². The number of sulfonamides is 1. The van der Waals surface area contributed by atoms with Crippen LogP contribution in [0.15, 0.2) is 58.2 Å². The fraction of sp³-hybridized carbons (Fsp3) is 0.259. The molecule has 1 aromatic rings. The summed E-state index contributed by atoms with van der Waals surface area (Å²) in [5.74, 6) is -1.82. The SMILES string of the molecule is CCS(=O)(=O)/N=c1/cc2c3c(cnc(-c4ccc(F)cc4)c-2cc1F)C=CN(C1C(=O)C(C)N=CC1C)N3. The van der Waals surface area contributed by atoms with Crippen molar-refractivity contribution in [1.29, 1.82) is 0 Å². The predicted molar refractivity (Wildman–Crippen MR) is 142 cm³/mol. The van der Waals surface area contributed by atoms with Crippen LogP contribution in [0.5, 0.6) is 0 Å². The summed E-state index contributed by atoms with van der Waals surface area (Å²) in [6.45, 7) is 5.05. The fourth-order valence-corrected chi connectivity index (χ4v) is 5.14. The monoisotopic (exact) mass is 537 g/mol. The maximum Gasteiger partial charge on any atom is 0.253 e. The topological polar surface area (TPSA) is 104 Å². The van der Waals surface area contributed by atoms with E-state index in [0.717, 1.165) is 0 Å². The molecule has 3 heterocycles. The van der Waals surface area contributed by atoms with E-state index in [1.807, 2.05) is 6.92 Å². The second kappa shape index (κ2) is 9.71. The largest absolute Gasteiger partial charge is 0.297 e. The predicted octanol–water partition coefficient (Wildman–Crippen LogP) is 4.04. The molecule has 0 amide bonds. The van der Waals surface area contributed by atoms with E-state index < -0.39 is 33.7 Å². The third-order valence-corrected chi connectivity index (χ3v) is 7.86. The number of anilines is 1. The van der Waals surface area contributed by atoms with Crippen LogP contribution in [0.3, 0.4) is 0 Å². The second-order valence-electron chi connectivity index (χ2n) is 9.27. The van der Waals surface area contributed by atoms with Crippen molar-refractivity contribution in [3.63, 3.8) is 0 Å². The molecule has 0 spiro atoms. The Labute approximate surface area is 218 Å². The molecule has 3 unspecified atom stereocenters. The summed E-state index contributed by atoms with van der Waals surface area (Å²) in [5, 5.41) is 1.33. The number of fused-ring (bicyclic) bond motifs is 3. The van der Waals surface area contributed by atoms with Gasteiger partial charge in [-0.15, -0.1) is 0 Å². The molecule has 0 saturated heterocycles. The van der Waals surface area contributed by atoms with Gasteiger partial charge >= 0.3 is 0 Å². The number of rotatable bonds is 4. The Hall–Kier alpha value is -3.99. The number of hydrazine groups is 1. The summed E-state index contributed by atoms with van der Waals surface area (Å²) in [6, 6.07) is 7.11. The molecule has 1 aliphatic carbocycles. The van der Waals surface area contributed by atoms with E-state index in [1.54, 1.807) is 36.6 Å². The quantitative estimate of drug-likeness (QED) is 0.539. The number of aliphatic imine (C=N–C) groups is 1. The Balaban J connectivity index is 1.75. The normalized spacial score (nSPS) is 21.5. The van der Waals surface area contributed by atoms with Crippen LogP contribution in [-0.2, 0) is 14.8 Å². The lowest BCUT2D eigenvalue weighted by Crippen LogP contribution is -2.51. The van der Waals surface area contributed by atoms with Crippen molar-refractivity contribution in [2.75, 3.05) is 11.2 Å². The highest BCUT2D eigenvalue weighted by atomic mass is 32.2. The highest BCUT2D eigenvalue weighted by Gasteiger charge is 2.36. The van der Waals surface area contributed by atoms with Crippen molar-refractivity contribution < 1.29 is 22.0 Å². The van der Waals surface area contributed by atoms with E-state index in [2.05, 4.69) is 19.8 Å². The molecule has 196 valence electrons. The van der Waals surface area contributed by atoms with Gasteiger partial charge < -0.3 is 0 Å². The number of halogens is 2. The maximum atomic E-state index is 15.3. The molecular formula is C27H25F2N5O3S. The van der Waals surface area contributed by atoms with Crippen LogP contribution < -0.4 is 10.8 Å². The van der Waals surface area contributed by atoms with Crippen LogP contribution in [0.4, 0.5) is 14.5 Å². The number of benzene rings is 2. The Morgan fingerprint density at radius 2 is 1.84 bits per heavy atom. The maximum absolute atomic E-state index is 15.3. The zero-order valence-electron chi connectivity index (χ0n) is 20.9. The molecule has 1 N–H and O–H groups in total. The molecule has 3 atom stereocenters. The number of carbonyl (C=O) groups is 1. The van der Waals surface area contributed by atoms with Crippen LogP contribution >= 0.6 is 0 Å². The van der Waals surface area contributed by atoms with E-state index >= 15 is 4.39 Å². The number of hydrogen-bond acceptors (Lipinski definition) is 7. The number of ketones is 1. The molecular weight excluding hydrogens is 512 g/mol. The summed E-state index contributed by atoms with van der Waals surface area (Å²) in [6.07, 6.45) is 6.84. The van der Waals surface area contributed by atoms with Crippen molar-refractivity contribution in [3.05, 3.63) is 71.4 Å². The highest BCUT2D eigenvalue weighted by molar-refractivity contribution is 7.89. The average molecular weight is 538 g/mol. The summed E-state index contributed by atoms with van der Waals surface area (Å²) >= 11 is 0. The minimum absolute atomic E-state index is 0.0638. The Bertz CT molecular complexity index is 1640. The molecule has 0 fully saturated rings. The fourth-order valence-electron chi connectivity index (χ4n) is 4.57. The van der Waals surface area contributed by atoms with Gasteiger partial charge in [0, 0.05) is 46.8 Å². The molecule has 4 aliphatic rings. The van der Waals surface area contributed by atoms with Crippen LogP contribution in [0.25, 0.3) is 28.5 Å². The van der Waals surface area contributed by atoms with Gasteiger partial charge in [0.25, 0.3) is 10.0 Å². The Morgan fingerprint density at radius 1 is 1.11 bits per heavy atom. The Morgan fingerprint density at radius 3 is 2.55 bits per heavy atom. The lowest BCUT2D eigenvalue weighted by molar-refractivity contribution is -0.125. The number of nitrogens with zero attached hydrogens (tertiary/aromatic N) is 4. The summed E-state index contributed by atoms with van der Waals surface area (Å²) in [5.41, 5.74) is 6.06. The first-order valence-corrected chi connectivity index (χ1v) is 13.7. The minimum atomic E-state index is -3.89. The first kappa shape index (κ1) is 25.7. The smallest absolute Gasteiger partial charge is 0.253 e. The van der Waals surface area contributed by atoms with Gasteiger partial charge in [-0.2, -0.15) is 4.40 Å². The number of aromatic nitrogens is 1. The zero-order valence-corrected chi connectivity index (χ0v) is 21.7. The van der Waals surface area contributed by atoms with E-state index in [1.165, 1.54) is 43.3 Å². The van der Waals surface area contributed by atoms with Crippen molar-refractivity contribution in [2.24, 2.45) is 15.3 Å². The van der Waals surface area contributed by atoms with E-state index in [-0.39, 0.29) is 22.8 Å². The van der Waals surface area contributed by atoms with Gasteiger partial charge in [0.05, 0.1) is 17.1 Å². The van der Waals surface area contributed by atoms with Crippen LogP contribution in [0, 0.1) is 17.6 Å². The lowest BCUT2D eigenvalue weighted by Gasteiger charge is -2.38. The molecule has 8 nitrogen and oxygen atoms in total. The van der Waals surface area contributed by atoms with Gasteiger partial charge in [0.2, 0.25) is 0 Å². The van der Waals surface area contributed by atoms with Gasteiger partial charge in [0.1, 0.15) is 29.1 Å². The van der Waals surface area contributed by atoms with Crippen molar-refractivity contribution in [3.8, 4) is 22.4 Å². The number of Topliss-reactive ketones (excluding diaryl/α,β-unsaturated/α-hetero) is 1. The van der Waals surface area contributed by atoms with Gasteiger partial charge in [0.15, 0.2) is 5.78 Å². The first-order valence-electron chi connectivity index (χ1n) is 12.1. The third-order valence-electron chi connectivity index (χ3n) is 6.65. The van der Waals surface area contributed by atoms with Crippen molar-refractivity contribution in [2.45, 2.75) is 32.9 Å². The zero-order chi connectivity index (χ0) is 27.2. The number of hydrogen-bond donors (Lipinski definition) is 1. The third kappa shape index (κ3) is 4.69. The summed E-state index contributed by atoms with van der Waals surface area (Å²) < 4.78 is 57.0. The van der Waals surface area contributed by atoms with E-state index in [9.17, 15) is 17.6 Å². The second-order valence-corrected chi connectivity index (χ2v) is 11.2. The lowest BCUT2D eigenvalue weighted by atomic mass is 9.91. The molecule has 11 heteroatoms. The molecule has 0 aromatic heterocycles. The van der Waals surface area contributed by atoms with Gasteiger partial charge in [-0.1, -0.05) is 6.92 Å². The Kier molecular flexibility index (Phi) is 6.56. The average Bonchev–Trinajstić information content (AvgIpc) is 3.04. The summed E-state index contributed by atoms with van der Waals surface area (Å²) in [7, 11) is -3.89. The van der Waals surface area contributed by atoms with Crippen LogP contribution in [0.1, 0.15) is 26.3 Å². The summed E-state index contributed by atoms with van der Waals surface area (Å²) in [4.78, 5) is 21.9. The van der Waals surface area contributed by atoms with Gasteiger partial charge in [-0.25, -0.2) is 17.2 Å². The molecule has 5 rings (SSSR count). The van der Waals surface area contributed by atoms with Crippen LogP contribution in [-0.4, -0.2) is 48.2 Å². The van der Waals surface area contributed by atoms with Crippen molar-refractivity contribution >= 4 is 33.8 Å². The number of nitrogens with one attached hydrogen (secondary N) is 1. The molecule has 3 aliphatic heterocycles. The minimum Gasteiger partial charge on any atom is -0.297 e. The van der Waals surface area contributed by atoms with Crippen LogP contribution in [0.2, 0.25) is 0 Å². The van der Waals surface area contributed by atoms with Crippen molar-refractivity contribution in [1.82, 2.24) is 9.99 Å². The molecule has 0 saturated carbocycles. The van der Waals surface area contributed by atoms with Gasteiger partial charge in [-0.3, -0.25) is 25.2 Å².